The van der Waals surface area contributed by atoms with E-state index in [0.29, 0.717) is 12.8 Å². The second-order valence-corrected chi connectivity index (χ2v) is 7.84. The number of nitrogens with zero attached hydrogens (tertiary/aromatic N) is 2. The minimum absolute atomic E-state index is 0. The molecule has 1 aromatic heterocycles. The molecule has 1 unspecified atom stereocenters. The van der Waals surface area contributed by atoms with Gasteiger partial charge in [0, 0.05) is 38.4 Å². The van der Waals surface area contributed by atoms with Gasteiger partial charge in [-0.2, -0.15) is 26.3 Å². The molecule has 0 N–H and O–H groups in total. The molecule has 1 atom stereocenters. The van der Waals surface area contributed by atoms with Crippen molar-refractivity contribution in [3.8, 4) is 12.3 Å². The molecule has 1 aliphatic heterocycles. The molecule has 1 saturated heterocycles. The Morgan fingerprint density at radius 3 is 2.06 bits per heavy atom. The van der Waals surface area contributed by atoms with E-state index in [1.165, 1.54) is 0 Å². The number of ether oxygens (including phenoxy) is 1. The van der Waals surface area contributed by atoms with E-state index in [9.17, 15) is 31.1 Å². The molecule has 2 rings (SSSR count). The molecule has 1 aliphatic rings. The van der Waals surface area contributed by atoms with Gasteiger partial charge in [-0.25, -0.2) is 4.79 Å². The molecular formula is C25H34F6N2O2. The first-order valence-corrected chi connectivity index (χ1v) is 10.7. The molecule has 1 fully saturated rings. The second kappa shape index (κ2) is 13.9. The normalized spacial score (nSPS) is 16.3. The van der Waals surface area contributed by atoms with E-state index in [4.69, 9.17) is 0 Å². The summed E-state index contributed by atoms with van der Waals surface area (Å²) in [6.07, 6.45) is -1.98. The number of allylic oxidation sites excluding steroid dienone is 4. The molecule has 0 spiro atoms. The van der Waals surface area contributed by atoms with Crippen LogP contribution >= 0.6 is 0 Å². The number of aromatic nitrogens is 1. The number of likely N-dealkylation sites (tertiary alicyclic amines) is 1. The van der Waals surface area contributed by atoms with Crippen molar-refractivity contribution in [1.29, 1.82) is 0 Å². The number of rotatable bonds is 5. The van der Waals surface area contributed by atoms with Gasteiger partial charge in [-0.15, -0.1) is 12.3 Å². The van der Waals surface area contributed by atoms with Crippen LogP contribution in [0, 0.1) is 18.3 Å². The van der Waals surface area contributed by atoms with Gasteiger partial charge in [0.2, 0.25) is 0 Å². The van der Waals surface area contributed by atoms with Crippen LogP contribution in [0.1, 0.15) is 52.5 Å². The van der Waals surface area contributed by atoms with E-state index >= 15 is 0 Å². The zero-order chi connectivity index (χ0) is 26.1. The Kier molecular flexibility index (Phi) is 12.8. The number of aryl methyl sites for hydroxylation is 1. The maximum Gasteiger partial charge on any atom is 0.434 e. The topological polar surface area (TPSA) is 34.5 Å². The highest BCUT2D eigenvalue weighted by Gasteiger charge is 2.60. The Morgan fingerprint density at radius 1 is 1.17 bits per heavy atom. The van der Waals surface area contributed by atoms with Crippen LogP contribution in [0.4, 0.5) is 31.1 Å². The number of carbonyl (C=O) groups excluding carboxylic acids is 1. The number of hydrogen-bond acceptors (Lipinski definition) is 2. The van der Waals surface area contributed by atoms with Crippen molar-refractivity contribution in [1.82, 2.24) is 9.47 Å². The van der Waals surface area contributed by atoms with Gasteiger partial charge in [0.1, 0.15) is 0 Å². The van der Waals surface area contributed by atoms with Crippen LogP contribution in [0.2, 0.25) is 0 Å². The maximum atomic E-state index is 12.7. The number of terminal acetylenes is 1. The zero-order valence-electron chi connectivity index (χ0n) is 19.6. The van der Waals surface area contributed by atoms with E-state index in [0.717, 1.165) is 16.0 Å². The highest BCUT2D eigenvalue weighted by molar-refractivity contribution is 5.68. The third kappa shape index (κ3) is 9.38. The average molecular weight is 509 g/mol. The first-order chi connectivity index (χ1) is 15.8. The first kappa shape index (κ1) is 32.2. The fourth-order valence-electron chi connectivity index (χ4n) is 3.93. The quantitative estimate of drug-likeness (QED) is 0.239. The Labute approximate surface area is 203 Å². The molecule has 0 aliphatic carbocycles. The van der Waals surface area contributed by atoms with E-state index in [1.54, 1.807) is 6.92 Å². The smallest absolute Gasteiger partial charge is 0.426 e. The summed E-state index contributed by atoms with van der Waals surface area (Å²) < 4.78 is 81.8. The molecule has 2 heterocycles. The summed E-state index contributed by atoms with van der Waals surface area (Å²) >= 11 is 0. The highest BCUT2D eigenvalue weighted by Crippen LogP contribution is 2.40. The molecule has 4 nitrogen and oxygen atoms in total. The van der Waals surface area contributed by atoms with Crippen LogP contribution in [-0.4, -0.2) is 47.1 Å². The molecule has 198 valence electrons. The van der Waals surface area contributed by atoms with Gasteiger partial charge in [0.25, 0.3) is 6.10 Å². The number of halogens is 6. The minimum atomic E-state index is -5.72. The van der Waals surface area contributed by atoms with Crippen LogP contribution in [-0.2, 0) is 11.8 Å². The Balaban J connectivity index is 0.00000274. The molecule has 0 radical (unpaired) electrons. The summed E-state index contributed by atoms with van der Waals surface area (Å²) in [6.45, 7) is 5.48. The van der Waals surface area contributed by atoms with Gasteiger partial charge in [-0.1, -0.05) is 25.7 Å². The van der Waals surface area contributed by atoms with Gasteiger partial charge in [0.05, 0.1) is 0 Å². The molecule has 35 heavy (non-hydrogen) atoms. The summed E-state index contributed by atoms with van der Waals surface area (Å²) in [7, 11) is 1.89. The number of piperidine rings is 1. The standard InChI is InChI=1S/C21H26F6N2O2.C3H4.CH4/c1-4-6-14(5-2)17(16-7-10-28(3)13-16)15-8-11-29(12-9-15)19(30)31-18(20(22,23)24)21(25,26)27;1-3-2;/h4-7,10,13,15,17-18H,8-9,11-12H2,1-3H3;1H,2H3;1H4/b6-4-,14-5+;;. The molecule has 1 amide bonds. The number of alkyl halides is 6. The predicted octanol–water partition coefficient (Wildman–Crippen LogP) is 7.25. The monoisotopic (exact) mass is 508 g/mol. The SMILES string of the molecule is C.C#CC.C/C=C\C(=C/C)C(c1ccn(C)c1)C1CCN(C(=O)OC(C(F)(F)F)C(F)(F)F)CC1. The van der Waals surface area contributed by atoms with Crippen LogP contribution in [0.5, 0.6) is 0 Å². The van der Waals surface area contributed by atoms with E-state index < -0.39 is 24.5 Å². The minimum Gasteiger partial charge on any atom is -0.426 e. The van der Waals surface area contributed by atoms with Crippen molar-refractivity contribution in [2.75, 3.05) is 13.1 Å². The lowest BCUT2D eigenvalue weighted by molar-refractivity contribution is -0.308. The molecule has 1 aromatic rings. The van der Waals surface area contributed by atoms with E-state index in [2.05, 4.69) is 17.1 Å². The molecule has 0 bridgehead atoms. The van der Waals surface area contributed by atoms with Crippen molar-refractivity contribution in [3.63, 3.8) is 0 Å². The zero-order valence-corrected chi connectivity index (χ0v) is 19.6. The Bertz CT molecular complexity index is 871. The number of amides is 1. The van der Waals surface area contributed by atoms with Gasteiger partial charge in [-0.3, -0.25) is 0 Å². The summed E-state index contributed by atoms with van der Waals surface area (Å²) in [6, 6.07) is 1.98. The fourth-order valence-corrected chi connectivity index (χ4v) is 3.93. The lowest BCUT2D eigenvalue weighted by Gasteiger charge is -2.37. The molecule has 0 saturated carbocycles. The average Bonchev–Trinajstić information content (AvgIpc) is 3.16. The number of hydrogen-bond donors (Lipinski definition) is 0. The number of carbonyl (C=O) groups is 1. The van der Waals surface area contributed by atoms with Crippen molar-refractivity contribution in [3.05, 3.63) is 47.8 Å². The maximum absolute atomic E-state index is 12.7. The third-order valence-electron chi connectivity index (χ3n) is 5.35. The highest BCUT2D eigenvalue weighted by atomic mass is 19.4. The van der Waals surface area contributed by atoms with Gasteiger partial charge >= 0.3 is 18.4 Å². The summed E-state index contributed by atoms with van der Waals surface area (Å²) in [4.78, 5) is 12.9. The van der Waals surface area contributed by atoms with Crippen LogP contribution in [0.15, 0.2) is 42.3 Å². The van der Waals surface area contributed by atoms with Gasteiger partial charge in [0.15, 0.2) is 0 Å². The summed E-state index contributed by atoms with van der Waals surface area (Å²) in [5.74, 6) is 2.31. The van der Waals surface area contributed by atoms with Crippen LogP contribution in [0.3, 0.4) is 0 Å². The lowest BCUT2D eigenvalue weighted by atomic mass is 9.76. The largest absolute Gasteiger partial charge is 0.434 e. The molecular weight excluding hydrogens is 474 g/mol. The summed E-state index contributed by atoms with van der Waals surface area (Å²) in [5, 5.41) is 0. The van der Waals surface area contributed by atoms with Crippen LogP contribution in [0.25, 0.3) is 0 Å². The van der Waals surface area contributed by atoms with Crippen LogP contribution < -0.4 is 0 Å². The summed E-state index contributed by atoms with van der Waals surface area (Å²) in [5.41, 5.74) is 2.12. The fraction of sp³-hybridized carbons (Fsp3) is 0.560. The van der Waals surface area contributed by atoms with Crippen molar-refractivity contribution in [2.24, 2.45) is 13.0 Å². The van der Waals surface area contributed by atoms with Crippen molar-refractivity contribution >= 4 is 6.09 Å². The molecule has 10 heteroatoms. The molecule has 0 aromatic carbocycles. The van der Waals surface area contributed by atoms with Gasteiger partial charge < -0.3 is 14.2 Å². The predicted molar refractivity (Wildman–Crippen MR) is 125 cm³/mol. The lowest BCUT2D eigenvalue weighted by Crippen LogP contribution is -2.49. The Hall–Kier alpha value is -2.83. The van der Waals surface area contributed by atoms with Gasteiger partial charge in [-0.05, 0) is 56.7 Å². The van der Waals surface area contributed by atoms with E-state index in [-0.39, 0.29) is 32.4 Å². The van der Waals surface area contributed by atoms with Crippen molar-refractivity contribution < 1.29 is 35.9 Å². The third-order valence-corrected chi connectivity index (χ3v) is 5.35. The van der Waals surface area contributed by atoms with Crippen molar-refractivity contribution in [2.45, 2.75) is 65.4 Å². The second-order valence-electron chi connectivity index (χ2n) is 7.84. The Morgan fingerprint density at radius 2 is 1.69 bits per heavy atom. The first-order valence-electron chi connectivity index (χ1n) is 10.7. The van der Waals surface area contributed by atoms with E-state index in [1.807, 2.05) is 62.2 Å².